The number of likely N-dealkylation sites (tertiary alicyclic amines) is 1. The monoisotopic (exact) mass is 196 g/mol. The van der Waals surface area contributed by atoms with Crippen molar-refractivity contribution >= 4 is 0 Å². The lowest BCUT2D eigenvalue weighted by molar-refractivity contribution is 0.0439. The first kappa shape index (κ1) is 10.4. The highest BCUT2D eigenvalue weighted by Gasteiger charge is 2.39. The summed E-state index contributed by atoms with van der Waals surface area (Å²) in [6.07, 6.45) is 1.36. The van der Waals surface area contributed by atoms with Crippen molar-refractivity contribution in [2.75, 3.05) is 32.7 Å². The van der Waals surface area contributed by atoms with E-state index in [0.29, 0.717) is 5.41 Å². The third-order valence-electron chi connectivity index (χ3n) is 4.36. The molecule has 0 aromatic rings. The fraction of sp³-hybridized carbons (Fsp3) is 1.00. The van der Waals surface area contributed by atoms with E-state index in [1.54, 1.807) is 0 Å². The van der Waals surface area contributed by atoms with Crippen LogP contribution in [0.5, 0.6) is 0 Å². The maximum absolute atomic E-state index is 3.51. The first-order valence-corrected chi connectivity index (χ1v) is 6.07. The van der Waals surface area contributed by atoms with E-state index in [-0.39, 0.29) is 0 Å². The molecule has 0 radical (unpaired) electrons. The standard InChI is InChI=1S/C12H24N2/c1-4-11-6-14(7-11)9-12(3)8-13-5-10(12)2/h10-11,13H,4-9H2,1-3H3. The van der Waals surface area contributed by atoms with Crippen LogP contribution in [0.4, 0.5) is 0 Å². The second-order valence-corrected chi connectivity index (χ2v) is 5.65. The van der Waals surface area contributed by atoms with E-state index < -0.39 is 0 Å². The van der Waals surface area contributed by atoms with E-state index in [1.807, 2.05) is 0 Å². The molecule has 0 aromatic heterocycles. The molecule has 2 fully saturated rings. The van der Waals surface area contributed by atoms with Crippen LogP contribution in [0.25, 0.3) is 0 Å². The van der Waals surface area contributed by atoms with E-state index in [4.69, 9.17) is 0 Å². The molecule has 82 valence electrons. The van der Waals surface area contributed by atoms with Gasteiger partial charge in [-0.1, -0.05) is 27.2 Å². The summed E-state index contributed by atoms with van der Waals surface area (Å²) < 4.78 is 0. The van der Waals surface area contributed by atoms with Gasteiger partial charge in [-0.25, -0.2) is 0 Å². The maximum Gasteiger partial charge on any atom is 0.00508 e. The largest absolute Gasteiger partial charge is 0.316 e. The molecule has 0 aliphatic carbocycles. The Morgan fingerprint density at radius 1 is 1.43 bits per heavy atom. The van der Waals surface area contributed by atoms with Crippen LogP contribution in [-0.4, -0.2) is 37.6 Å². The second-order valence-electron chi connectivity index (χ2n) is 5.65. The summed E-state index contributed by atoms with van der Waals surface area (Å²) in [5.41, 5.74) is 0.526. The number of nitrogens with one attached hydrogen (secondary N) is 1. The normalized spacial score (nSPS) is 40.1. The molecule has 2 saturated heterocycles. The van der Waals surface area contributed by atoms with Gasteiger partial charge in [0, 0.05) is 26.2 Å². The molecule has 2 rings (SSSR count). The van der Waals surface area contributed by atoms with Crippen molar-refractivity contribution in [2.24, 2.45) is 17.3 Å². The van der Waals surface area contributed by atoms with Crippen LogP contribution in [0.2, 0.25) is 0 Å². The van der Waals surface area contributed by atoms with E-state index in [9.17, 15) is 0 Å². The minimum absolute atomic E-state index is 0.526. The smallest absolute Gasteiger partial charge is 0.00508 e. The lowest BCUT2D eigenvalue weighted by atomic mass is 9.79. The van der Waals surface area contributed by atoms with E-state index in [0.717, 1.165) is 11.8 Å². The van der Waals surface area contributed by atoms with Crippen molar-refractivity contribution in [3.05, 3.63) is 0 Å². The molecule has 0 aromatic carbocycles. The molecule has 1 N–H and O–H groups in total. The molecule has 2 nitrogen and oxygen atoms in total. The zero-order valence-corrected chi connectivity index (χ0v) is 9.84. The summed E-state index contributed by atoms with van der Waals surface area (Å²) in [6.45, 7) is 13.6. The molecule has 0 saturated carbocycles. The SMILES string of the molecule is CCC1CN(CC2(C)CNCC2C)C1. The average molecular weight is 196 g/mol. The number of hydrogen-bond donors (Lipinski definition) is 1. The van der Waals surface area contributed by atoms with Gasteiger partial charge in [-0.3, -0.25) is 0 Å². The molecule has 14 heavy (non-hydrogen) atoms. The van der Waals surface area contributed by atoms with Gasteiger partial charge in [0.25, 0.3) is 0 Å². The van der Waals surface area contributed by atoms with Crippen molar-refractivity contribution in [1.29, 1.82) is 0 Å². The first-order chi connectivity index (χ1) is 6.64. The quantitative estimate of drug-likeness (QED) is 0.737. The van der Waals surface area contributed by atoms with Gasteiger partial charge in [-0.15, -0.1) is 0 Å². The van der Waals surface area contributed by atoms with Gasteiger partial charge in [-0.05, 0) is 23.8 Å². The Kier molecular flexibility index (Phi) is 2.85. The van der Waals surface area contributed by atoms with Crippen molar-refractivity contribution in [2.45, 2.75) is 27.2 Å². The minimum Gasteiger partial charge on any atom is -0.316 e. The Morgan fingerprint density at radius 2 is 2.14 bits per heavy atom. The average Bonchev–Trinajstić information content (AvgIpc) is 2.40. The molecule has 2 heterocycles. The summed E-state index contributed by atoms with van der Waals surface area (Å²) in [4.78, 5) is 2.64. The number of nitrogens with zero attached hydrogens (tertiary/aromatic N) is 1. The molecule has 2 aliphatic rings. The molecule has 0 spiro atoms. The first-order valence-electron chi connectivity index (χ1n) is 6.07. The Labute approximate surface area is 88.1 Å². The van der Waals surface area contributed by atoms with Crippen LogP contribution in [0.1, 0.15) is 27.2 Å². The van der Waals surface area contributed by atoms with E-state index >= 15 is 0 Å². The molecule has 2 heteroatoms. The topological polar surface area (TPSA) is 15.3 Å². The van der Waals surface area contributed by atoms with E-state index in [2.05, 4.69) is 31.0 Å². The molecule has 2 atom stereocenters. The van der Waals surface area contributed by atoms with Crippen molar-refractivity contribution in [3.8, 4) is 0 Å². The summed E-state index contributed by atoms with van der Waals surface area (Å²) >= 11 is 0. The van der Waals surface area contributed by atoms with Crippen molar-refractivity contribution in [3.63, 3.8) is 0 Å². The highest BCUT2D eigenvalue weighted by Crippen LogP contribution is 2.33. The molecule has 0 bridgehead atoms. The Balaban J connectivity index is 1.80. The zero-order chi connectivity index (χ0) is 10.2. The van der Waals surface area contributed by atoms with Gasteiger partial charge in [0.05, 0.1) is 0 Å². The minimum atomic E-state index is 0.526. The highest BCUT2D eigenvalue weighted by atomic mass is 15.2. The molecule has 0 amide bonds. The summed E-state index contributed by atoms with van der Waals surface area (Å²) in [6, 6.07) is 0. The Bertz CT molecular complexity index is 198. The van der Waals surface area contributed by atoms with Crippen LogP contribution in [0.3, 0.4) is 0 Å². The summed E-state index contributed by atoms with van der Waals surface area (Å²) in [7, 11) is 0. The van der Waals surface area contributed by atoms with Gasteiger partial charge >= 0.3 is 0 Å². The van der Waals surface area contributed by atoms with Crippen molar-refractivity contribution in [1.82, 2.24) is 10.2 Å². The fourth-order valence-electron chi connectivity index (χ4n) is 2.78. The lowest BCUT2D eigenvalue weighted by Crippen LogP contribution is -2.52. The van der Waals surface area contributed by atoms with Gasteiger partial charge in [0.15, 0.2) is 0 Å². The van der Waals surface area contributed by atoms with Gasteiger partial charge < -0.3 is 10.2 Å². The van der Waals surface area contributed by atoms with Gasteiger partial charge in [0.2, 0.25) is 0 Å². The van der Waals surface area contributed by atoms with Crippen molar-refractivity contribution < 1.29 is 0 Å². The Hall–Kier alpha value is -0.0800. The predicted octanol–water partition coefficient (Wildman–Crippen LogP) is 1.57. The van der Waals surface area contributed by atoms with Crippen LogP contribution >= 0.6 is 0 Å². The fourth-order valence-corrected chi connectivity index (χ4v) is 2.78. The Morgan fingerprint density at radius 3 is 2.64 bits per heavy atom. The van der Waals surface area contributed by atoms with Crippen LogP contribution in [-0.2, 0) is 0 Å². The number of hydrogen-bond acceptors (Lipinski definition) is 2. The second kappa shape index (κ2) is 3.82. The molecule has 2 unspecified atom stereocenters. The lowest BCUT2D eigenvalue weighted by Gasteiger charge is -2.44. The third kappa shape index (κ3) is 1.82. The zero-order valence-electron chi connectivity index (χ0n) is 9.84. The third-order valence-corrected chi connectivity index (χ3v) is 4.36. The predicted molar refractivity (Wildman–Crippen MR) is 60.4 cm³/mol. The molecular weight excluding hydrogens is 172 g/mol. The summed E-state index contributed by atoms with van der Waals surface area (Å²) in [5.74, 6) is 1.83. The summed E-state index contributed by atoms with van der Waals surface area (Å²) in [5, 5.41) is 3.51. The van der Waals surface area contributed by atoms with Gasteiger partial charge in [0.1, 0.15) is 0 Å². The number of rotatable bonds is 3. The highest BCUT2D eigenvalue weighted by molar-refractivity contribution is 4.94. The van der Waals surface area contributed by atoms with Crippen LogP contribution < -0.4 is 5.32 Å². The maximum atomic E-state index is 3.51. The van der Waals surface area contributed by atoms with Gasteiger partial charge in [-0.2, -0.15) is 0 Å². The van der Waals surface area contributed by atoms with Crippen LogP contribution in [0.15, 0.2) is 0 Å². The van der Waals surface area contributed by atoms with E-state index in [1.165, 1.54) is 39.1 Å². The van der Waals surface area contributed by atoms with Crippen LogP contribution in [0, 0.1) is 17.3 Å². The molecular formula is C12H24N2. The molecule has 2 aliphatic heterocycles.